The second-order valence-corrected chi connectivity index (χ2v) is 7.20. The lowest BCUT2D eigenvalue weighted by molar-refractivity contribution is -0.255. The number of hydrogen-bond donors (Lipinski definition) is 0. The molecule has 0 bridgehead atoms. The van der Waals surface area contributed by atoms with Crippen molar-refractivity contribution in [2.75, 3.05) is 0 Å². The average molecular weight is 345 g/mol. The number of carbonyl (C=O) groups is 1. The van der Waals surface area contributed by atoms with Crippen LogP contribution in [0.15, 0.2) is 39.1 Å². The first-order valence-electron chi connectivity index (χ1n) is 5.25. The van der Waals surface area contributed by atoms with Crippen LogP contribution in [0.3, 0.4) is 0 Å². The number of aromatic carboxylic acids is 1. The number of carboxylic acids is 1. The highest BCUT2D eigenvalue weighted by atomic mass is 35.5. The summed E-state index contributed by atoms with van der Waals surface area (Å²) in [6.07, 6.45) is 0.911. The van der Waals surface area contributed by atoms with Gasteiger partial charge in [-0.3, -0.25) is 4.98 Å². The maximum absolute atomic E-state index is 11.8. The Kier molecular flexibility index (Phi) is 4.26. The van der Waals surface area contributed by atoms with Crippen LogP contribution in [0.2, 0.25) is 4.34 Å². The van der Waals surface area contributed by atoms with Crippen LogP contribution in [-0.2, 0) is 10.0 Å². The smallest absolute Gasteiger partial charge is 0.291 e. The number of thiophene rings is 1. The van der Waals surface area contributed by atoms with Crippen molar-refractivity contribution in [1.29, 1.82) is 0 Å². The first kappa shape index (κ1) is 15.4. The van der Waals surface area contributed by atoms with Crippen LogP contribution in [0.5, 0.6) is 0 Å². The second-order valence-electron chi connectivity index (χ2n) is 3.65. The number of hydrogen-bond acceptors (Lipinski definition) is 7. The number of carbonyl (C=O) groups excluding carboxylic acids is 1. The van der Waals surface area contributed by atoms with Crippen molar-refractivity contribution in [3.05, 3.63) is 46.1 Å². The zero-order valence-electron chi connectivity index (χ0n) is 10.0. The van der Waals surface area contributed by atoms with Gasteiger partial charge in [0.1, 0.15) is 4.21 Å². The molecule has 110 valence electrons. The standard InChI is InChI=1S/C11H7ClN2O5S2/c12-8-3-4-9(20-8)21(18,19)14-10(15)6-1-2-7(11(16)17)13-5-6/h1-5H,(H,14,15)(H,16,17)/p-2. The van der Waals surface area contributed by atoms with Crippen LogP contribution in [0.1, 0.15) is 16.1 Å². The lowest BCUT2D eigenvalue weighted by atomic mass is 10.2. The molecule has 21 heavy (non-hydrogen) atoms. The van der Waals surface area contributed by atoms with Crippen molar-refractivity contribution in [3.8, 4) is 0 Å². The van der Waals surface area contributed by atoms with Gasteiger partial charge in [-0.25, -0.2) is 0 Å². The van der Waals surface area contributed by atoms with Gasteiger partial charge in [-0.2, -0.15) is 12.8 Å². The summed E-state index contributed by atoms with van der Waals surface area (Å²) in [5.41, 5.74) is -0.536. The van der Waals surface area contributed by atoms with Crippen LogP contribution in [0.4, 0.5) is 0 Å². The average Bonchev–Trinajstić information content (AvgIpc) is 2.86. The fourth-order valence-corrected chi connectivity index (χ4v) is 3.65. The topological polar surface area (TPSA) is 123 Å². The number of nitrogens with zero attached hydrogens (tertiary/aromatic N) is 2. The van der Waals surface area contributed by atoms with Crippen LogP contribution in [-0.4, -0.2) is 25.3 Å². The first-order valence-corrected chi connectivity index (χ1v) is 7.88. The lowest BCUT2D eigenvalue weighted by Crippen LogP contribution is -2.25. The number of sulfonamides is 1. The van der Waals surface area contributed by atoms with E-state index in [0.29, 0.717) is 0 Å². The molecule has 2 heterocycles. The van der Waals surface area contributed by atoms with Gasteiger partial charge in [0.25, 0.3) is 10.0 Å². The molecule has 0 radical (unpaired) electrons. The van der Waals surface area contributed by atoms with Crippen molar-refractivity contribution in [2.45, 2.75) is 4.21 Å². The molecule has 0 N–H and O–H groups in total. The first-order chi connectivity index (χ1) is 9.79. The molecule has 2 rings (SSSR count). The van der Waals surface area contributed by atoms with E-state index in [1.807, 2.05) is 0 Å². The van der Waals surface area contributed by atoms with Crippen molar-refractivity contribution in [1.82, 2.24) is 4.98 Å². The highest BCUT2D eigenvalue weighted by Gasteiger charge is 2.15. The number of carboxylic acid groups (broad SMARTS) is 1. The molecule has 0 spiro atoms. The van der Waals surface area contributed by atoms with Crippen LogP contribution >= 0.6 is 22.9 Å². The van der Waals surface area contributed by atoms with Gasteiger partial charge in [-0.15, -0.1) is 11.3 Å². The molecule has 10 heteroatoms. The van der Waals surface area contributed by atoms with Gasteiger partial charge < -0.3 is 15.0 Å². The van der Waals surface area contributed by atoms with Crippen molar-refractivity contribution in [2.24, 2.45) is 4.40 Å². The van der Waals surface area contributed by atoms with Crippen molar-refractivity contribution in [3.63, 3.8) is 0 Å². The maximum Gasteiger partial charge on any atom is 0.291 e. The minimum atomic E-state index is -4.16. The number of rotatable bonds is 4. The quantitative estimate of drug-likeness (QED) is 0.552. The Morgan fingerprint density at radius 3 is 2.43 bits per heavy atom. The summed E-state index contributed by atoms with van der Waals surface area (Å²) in [5.74, 6) is -2.57. The van der Waals surface area contributed by atoms with E-state index < -0.39 is 21.9 Å². The normalized spacial score (nSPS) is 12.3. The van der Waals surface area contributed by atoms with E-state index in [9.17, 15) is 23.4 Å². The van der Waals surface area contributed by atoms with Crippen molar-refractivity contribution >= 4 is 44.8 Å². The summed E-state index contributed by atoms with van der Waals surface area (Å²) in [7, 11) is -4.16. The highest BCUT2D eigenvalue weighted by molar-refractivity contribution is 7.92. The fraction of sp³-hybridized carbons (Fsp3) is 0. The van der Waals surface area contributed by atoms with Gasteiger partial charge in [0, 0.05) is 17.7 Å². The highest BCUT2D eigenvalue weighted by Crippen LogP contribution is 2.27. The number of halogens is 1. The Morgan fingerprint density at radius 1 is 1.24 bits per heavy atom. The molecule has 0 amide bonds. The van der Waals surface area contributed by atoms with E-state index >= 15 is 0 Å². The SMILES string of the molecule is O=C([O-])c1ccc(/C([O-])=N/S(=O)(=O)c2ccc(Cl)s2)cn1. The van der Waals surface area contributed by atoms with E-state index in [4.69, 9.17) is 11.6 Å². The largest absolute Gasteiger partial charge is 0.858 e. The predicted molar refractivity (Wildman–Crippen MR) is 71.6 cm³/mol. The van der Waals surface area contributed by atoms with E-state index in [1.165, 1.54) is 12.1 Å². The monoisotopic (exact) mass is 344 g/mol. The summed E-state index contributed by atoms with van der Waals surface area (Å²) >= 11 is 6.39. The van der Waals surface area contributed by atoms with Crippen LogP contribution in [0, 0.1) is 0 Å². The van der Waals surface area contributed by atoms with Gasteiger partial charge in [0.15, 0.2) is 0 Å². The molecular weight excluding hydrogens is 340 g/mol. The summed E-state index contributed by atoms with van der Waals surface area (Å²) in [6.45, 7) is 0. The Morgan fingerprint density at radius 2 is 1.95 bits per heavy atom. The summed E-state index contributed by atoms with van der Waals surface area (Å²) in [5, 5.41) is 22.3. The zero-order valence-corrected chi connectivity index (χ0v) is 12.4. The third kappa shape index (κ3) is 3.57. The van der Waals surface area contributed by atoms with Gasteiger partial charge >= 0.3 is 0 Å². The molecule has 0 aliphatic carbocycles. The zero-order chi connectivity index (χ0) is 15.6. The summed E-state index contributed by atoms with van der Waals surface area (Å²) < 4.78 is 26.9. The molecule has 0 aliphatic heterocycles. The van der Waals surface area contributed by atoms with Gasteiger partial charge in [0.05, 0.1) is 16.0 Å². The minimum Gasteiger partial charge on any atom is -0.858 e. The summed E-state index contributed by atoms with van der Waals surface area (Å²) in [4.78, 5) is 14.0. The molecule has 7 nitrogen and oxygen atoms in total. The molecule has 2 aromatic rings. The van der Waals surface area contributed by atoms with E-state index in [2.05, 4.69) is 9.38 Å². The Labute approximate surface area is 128 Å². The molecule has 0 unspecified atom stereocenters. The Hall–Kier alpha value is -1.97. The second kappa shape index (κ2) is 5.80. The van der Waals surface area contributed by atoms with Crippen LogP contribution in [0.25, 0.3) is 0 Å². The molecular formula is C11H5ClN2O5S2-2. The van der Waals surface area contributed by atoms with Gasteiger partial charge in [0.2, 0.25) is 0 Å². The van der Waals surface area contributed by atoms with Gasteiger partial charge in [-0.05, 0) is 18.2 Å². The molecule has 0 saturated carbocycles. The molecule has 0 atom stereocenters. The van der Waals surface area contributed by atoms with Gasteiger partial charge in [-0.1, -0.05) is 17.7 Å². The van der Waals surface area contributed by atoms with E-state index in [-0.39, 0.29) is 19.8 Å². The van der Waals surface area contributed by atoms with Crippen molar-refractivity contribution < 1.29 is 23.4 Å². The third-order valence-electron chi connectivity index (χ3n) is 2.23. The molecule has 0 aliphatic rings. The molecule has 2 aromatic heterocycles. The fourth-order valence-electron chi connectivity index (χ4n) is 1.28. The number of pyridine rings is 1. The summed E-state index contributed by atoms with van der Waals surface area (Å²) in [6, 6.07) is 4.72. The minimum absolute atomic E-state index is 0.161. The lowest BCUT2D eigenvalue weighted by Gasteiger charge is -2.10. The number of aromatic nitrogens is 1. The third-order valence-corrected chi connectivity index (χ3v) is 5.18. The molecule has 0 saturated heterocycles. The van der Waals surface area contributed by atoms with E-state index in [1.54, 1.807) is 0 Å². The van der Waals surface area contributed by atoms with Crippen LogP contribution < -0.4 is 10.2 Å². The Balaban J connectivity index is 2.34. The predicted octanol–water partition coefficient (Wildman–Crippen LogP) is -0.344. The molecule has 0 aromatic carbocycles. The maximum atomic E-state index is 11.8. The molecule has 0 fully saturated rings. The Bertz CT molecular complexity index is 811. The van der Waals surface area contributed by atoms with E-state index in [0.717, 1.165) is 29.7 Å².